The molecule has 0 unspecified atom stereocenters. The predicted molar refractivity (Wildman–Crippen MR) is 96.0 cm³/mol. The number of rotatable bonds is 5. The summed E-state index contributed by atoms with van der Waals surface area (Å²) >= 11 is 0. The van der Waals surface area contributed by atoms with Crippen LogP contribution in [0.5, 0.6) is 0 Å². The Morgan fingerprint density at radius 2 is 1.84 bits per heavy atom. The minimum atomic E-state index is -3.61. The van der Waals surface area contributed by atoms with Crippen LogP contribution < -0.4 is 5.32 Å². The second-order valence-electron chi connectivity index (χ2n) is 8.34. The number of ether oxygens (including phenoxy) is 1. The van der Waals surface area contributed by atoms with Gasteiger partial charge in [-0.3, -0.25) is 4.79 Å². The molecule has 8 heteroatoms. The van der Waals surface area contributed by atoms with Crippen molar-refractivity contribution in [1.29, 1.82) is 0 Å². The Labute approximate surface area is 150 Å². The van der Waals surface area contributed by atoms with Crippen LogP contribution in [0.15, 0.2) is 17.2 Å². The molecule has 2 heterocycles. The number of aromatic amines is 1. The molecule has 0 aromatic carbocycles. The number of hydrogen-bond donors (Lipinski definition) is 2. The van der Waals surface area contributed by atoms with E-state index in [1.807, 2.05) is 13.8 Å². The Bertz CT molecular complexity index is 710. The first-order chi connectivity index (χ1) is 11.4. The average Bonchev–Trinajstić information content (AvgIpc) is 2.95. The molecule has 1 fully saturated rings. The van der Waals surface area contributed by atoms with E-state index in [2.05, 4.69) is 31.1 Å². The fourth-order valence-corrected chi connectivity index (χ4v) is 4.74. The Morgan fingerprint density at radius 1 is 1.24 bits per heavy atom. The molecule has 0 saturated carbocycles. The topological polar surface area (TPSA) is 91.5 Å². The Hall–Kier alpha value is -1.38. The van der Waals surface area contributed by atoms with Gasteiger partial charge in [-0.15, -0.1) is 0 Å². The van der Waals surface area contributed by atoms with Crippen LogP contribution in [0.25, 0.3) is 0 Å². The van der Waals surface area contributed by atoms with Gasteiger partial charge in [-0.25, -0.2) is 8.42 Å². The lowest BCUT2D eigenvalue weighted by atomic mass is 9.82. The van der Waals surface area contributed by atoms with Gasteiger partial charge in [-0.1, -0.05) is 20.8 Å². The van der Waals surface area contributed by atoms with Crippen LogP contribution in [0, 0.1) is 5.41 Å². The molecule has 0 spiro atoms. The van der Waals surface area contributed by atoms with E-state index in [0.29, 0.717) is 26.3 Å². The molecule has 1 amide bonds. The molecule has 0 radical (unpaired) electrons. The molecule has 2 N–H and O–H groups in total. The number of nitrogens with one attached hydrogen (secondary N) is 2. The lowest BCUT2D eigenvalue weighted by molar-refractivity contribution is 0.0730. The summed E-state index contributed by atoms with van der Waals surface area (Å²) in [7, 11) is -3.61. The van der Waals surface area contributed by atoms with Gasteiger partial charge in [-0.05, 0) is 31.7 Å². The van der Waals surface area contributed by atoms with E-state index >= 15 is 0 Å². The summed E-state index contributed by atoms with van der Waals surface area (Å²) in [6, 6.07) is 1.40. The van der Waals surface area contributed by atoms with Crippen LogP contribution in [-0.4, -0.2) is 55.5 Å². The van der Waals surface area contributed by atoms with Crippen molar-refractivity contribution in [3.63, 3.8) is 0 Å². The van der Waals surface area contributed by atoms with E-state index < -0.39 is 15.6 Å². The minimum absolute atomic E-state index is 0.0668. The maximum atomic E-state index is 12.6. The summed E-state index contributed by atoms with van der Waals surface area (Å²) in [4.78, 5) is 15.4. The molecule has 1 aliphatic heterocycles. The second kappa shape index (κ2) is 7.09. The van der Waals surface area contributed by atoms with Crippen molar-refractivity contribution < 1.29 is 17.9 Å². The first-order valence-corrected chi connectivity index (χ1v) is 9.94. The van der Waals surface area contributed by atoms with Crippen molar-refractivity contribution >= 4 is 15.9 Å². The highest BCUT2D eigenvalue weighted by Gasteiger charge is 2.30. The summed E-state index contributed by atoms with van der Waals surface area (Å²) in [6.45, 7) is 11.7. The van der Waals surface area contributed by atoms with Gasteiger partial charge in [0, 0.05) is 24.8 Å². The number of morpholine rings is 1. The van der Waals surface area contributed by atoms with Gasteiger partial charge in [0.2, 0.25) is 10.0 Å². The number of sulfonamides is 1. The Balaban J connectivity index is 2.11. The highest BCUT2D eigenvalue weighted by Crippen LogP contribution is 2.27. The number of amides is 1. The average molecular weight is 372 g/mol. The van der Waals surface area contributed by atoms with Gasteiger partial charge in [-0.2, -0.15) is 4.31 Å². The normalized spacial score (nSPS) is 17.5. The third kappa shape index (κ3) is 5.29. The van der Waals surface area contributed by atoms with E-state index in [-0.39, 0.29) is 21.9 Å². The number of H-pyrrole nitrogens is 1. The summed E-state index contributed by atoms with van der Waals surface area (Å²) < 4.78 is 31.8. The van der Waals surface area contributed by atoms with E-state index in [1.165, 1.54) is 16.6 Å². The smallest absolute Gasteiger partial charge is 0.268 e. The molecule has 25 heavy (non-hydrogen) atoms. The summed E-state index contributed by atoms with van der Waals surface area (Å²) in [5, 5.41) is 2.97. The zero-order valence-electron chi connectivity index (χ0n) is 15.7. The Kier molecular flexibility index (Phi) is 5.65. The SMILES string of the molecule is CC(C)(C)CC(C)(C)NC(=O)c1cc(S(=O)(=O)N2CCOCC2)c[nH]1. The van der Waals surface area contributed by atoms with E-state index in [4.69, 9.17) is 4.74 Å². The van der Waals surface area contributed by atoms with Crippen LogP contribution >= 0.6 is 0 Å². The first-order valence-electron chi connectivity index (χ1n) is 8.50. The third-order valence-corrected chi connectivity index (χ3v) is 5.81. The maximum Gasteiger partial charge on any atom is 0.268 e. The number of nitrogens with zero attached hydrogens (tertiary/aromatic N) is 1. The van der Waals surface area contributed by atoms with E-state index in [0.717, 1.165) is 6.42 Å². The van der Waals surface area contributed by atoms with Gasteiger partial charge in [0.15, 0.2) is 0 Å². The maximum absolute atomic E-state index is 12.6. The van der Waals surface area contributed by atoms with Crippen molar-refractivity contribution in [3.05, 3.63) is 18.0 Å². The molecule has 1 aliphatic rings. The van der Waals surface area contributed by atoms with Crippen molar-refractivity contribution in [3.8, 4) is 0 Å². The van der Waals surface area contributed by atoms with Gasteiger partial charge in [0.1, 0.15) is 10.6 Å². The summed E-state index contributed by atoms with van der Waals surface area (Å²) in [5.74, 6) is -0.308. The molecule has 7 nitrogen and oxygen atoms in total. The molecule has 0 bridgehead atoms. The van der Waals surface area contributed by atoms with Crippen LogP contribution in [-0.2, 0) is 14.8 Å². The molecular formula is C17H29N3O4S. The molecule has 1 aromatic heterocycles. The molecule has 142 valence electrons. The predicted octanol–water partition coefficient (Wildman–Crippen LogP) is 1.98. The van der Waals surface area contributed by atoms with Crippen molar-refractivity contribution in [1.82, 2.24) is 14.6 Å². The largest absolute Gasteiger partial charge is 0.379 e. The van der Waals surface area contributed by atoms with Gasteiger partial charge < -0.3 is 15.0 Å². The molecular weight excluding hydrogens is 342 g/mol. The minimum Gasteiger partial charge on any atom is -0.379 e. The van der Waals surface area contributed by atoms with Crippen LogP contribution in [0.3, 0.4) is 0 Å². The third-order valence-electron chi connectivity index (χ3n) is 3.93. The zero-order valence-corrected chi connectivity index (χ0v) is 16.5. The highest BCUT2D eigenvalue weighted by atomic mass is 32.2. The van der Waals surface area contributed by atoms with Crippen molar-refractivity contribution in [2.24, 2.45) is 5.41 Å². The van der Waals surface area contributed by atoms with E-state index in [9.17, 15) is 13.2 Å². The number of carbonyl (C=O) groups is 1. The van der Waals surface area contributed by atoms with Gasteiger partial charge in [0.05, 0.1) is 13.2 Å². The molecule has 1 aromatic rings. The lowest BCUT2D eigenvalue weighted by Crippen LogP contribution is -2.45. The number of aromatic nitrogens is 1. The monoisotopic (exact) mass is 371 g/mol. The lowest BCUT2D eigenvalue weighted by Gasteiger charge is -2.33. The molecule has 2 rings (SSSR count). The summed E-state index contributed by atoms with van der Waals surface area (Å²) in [6.07, 6.45) is 2.17. The highest BCUT2D eigenvalue weighted by molar-refractivity contribution is 7.89. The van der Waals surface area contributed by atoms with Crippen molar-refractivity contribution in [2.45, 2.75) is 51.5 Å². The van der Waals surface area contributed by atoms with Crippen molar-refractivity contribution in [2.75, 3.05) is 26.3 Å². The van der Waals surface area contributed by atoms with Crippen LogP contribution in [0.2, 0.25) is 0 Å². The zero-order chi connectivity index (χ0) is 18.9. The molecule has 0 aliphatic carbocycles. The number of hydrogen-bond acceptors (Lipinski definition) is 4. The fourth-order valence-electron chi connectivity index (χ4n) is 3.34. The quantitative estimate of drug-likeness (QED) is 0.828. The first kappa shape index (κ1) is 19.9. The fraction of sp³-hybridized carbons (Fsp3) is 0.706. The van der Waals surface area contributed by atoms with Gasteiger partial charge >= 0.3 is 0 Å². The van der Waals surface area contributed by atoms with Crippen LogP contribution in [0.4, 0.5) is 0 Å². The standard InChI is InChI=1S/C17H29N3O4S/c1-16(2,3)12-17(4,5)19-15(21)14-10-13(11-18-14)25(22,23)20-6-8-24-9-7-20/h10-11,18H,6-9,12H2,1-5H3,(H,19,21). The molecule has 0 atom stereocenters. The van der Waals surface area contributed by atoms with Gasteiger partial charge in [0.25, 0.3) is 5.91 Å². The summed E-state index contributed by atoms with van der Waals surface area (Å²) in [5.41, 5.74) is -0.0880. The van der Waals surface area contributed by atoms with Crippen LogP contribution in [0.1, 0.15) is 51.5 Å². The second-order valence-corrected chi connectivity index (χ2v) is 10.3. The Morgan fingerprint density at radius 3 is 2.40 bits per heavy atom. The number of carbonyl (C=O) groups excluding carboxylic acids is 1. The molecule has 1 saturated heterocycles. The van der Waals surface area contributed by atoms with E-state index in [1.54, 1.807) is 0 Å².